The number of carbonyl (C=O) groups excluding carboxylic acids is 2. The monoisotopic (exact) mass is 629 g/mol. The van der Waals surface area contributed by atoms with Gasteiger partial charge in [0.2, 0.25) is 5.82 Å². The maximum absolute atomic E-state index is 12.7. The summed E-state index contributed by atoms with van der Waals surface area (Å²) in [5, 5.41) is 14.0. The van der Waals surface area contributed by atoms with Crippen LogP contribution < -0.4 is 10.1 Å². The summed E-state index contributed by atoms with van der Waals surface area (Å²) in [5.74, 6) is 1.46. The summed E-state index contributed by atoms with van der Waals surface area (Å²) in [5.41, 5.74) is 4.19. The summed E-state index contributed by atoms with van der Waals surface area (Å²) < 4.78 is 11.4. The van der Waals surface area contributed by atoms with Crippen molar-refractivity contribution in [2.45, 2.75) is 91.5 Å². The molecule has 0 fully saturated rings. The quantitative estimate of drug-likeness (QED) is 0.107. The number of carbonyl (C=O) groups is 2. The fourth-order valence-corrected chi connectivity index (χ4v) is 4.60. The molecular formula is C38H51N3O5. The molecule has 0 saturated heterocycles. The Labute approximate surface area is 274 Å². The predicted molar refractivity (Wildman–Crippen MR) is 185 cm³/mol. The molecule has 0 radical (unpaired) electrons. The second-order valence-electron chi connectivity index (χ2n) is 11.7. The molecule has 248 valence electrons. The molecule has 0 spiro atoms. The lowest BCUT2D eigenvalue weighted by atomic mass is 9.86. The van der Waals surface area contributed by atoms with Crippen molar-refractivity contribution in [1.29, 1.82) is 0 Å². The first-order chi connectivity index (χ1) is 22.3. The molecule has 8 heteroatoms. The van der Waals surface area contributed by atoms with E-state index < -0.39 is 6.04 Å². The molecule has 0 aliphatic heterocycles. The Balaban J connectivity index is 0.00000177. The molecule has 0 aliphatic rings. The van der Waals surface area contributed by atoms with Crippen molar-refractivity contribution in [3.63, 3.8) is 0 Å². The standard InChI is InChI=1S/C35H41N3O4.C2H6.CH4O/c1-5-6-7-8-9-22-41-31-20-16-26(17-21-31)32-37-34(42-38-32)28-12-10-25(11-13-28)23-30(24-39)36-33(40)27-14-18-29(19-15-27)35(2,3)4;2*1-2/h10-21,24,30H,5-9,22-23H2,1-4H3,(H,36,40);1-2H3;2H,1H3. The molecule has 4 aromatic rings. The van der Waals surface area contributed by atoms with Crippen LogP contribution in [0.1, 0.15) is 95.1 Å². The smallest absolute Gasteiger partial charge is 0.258 e. The minimum absolute atomic E-state index is 0.00300. The van der Waals surface area contributed by atoms with E-state index in [-0.39, 0.29) is 11.3 Å². The van der Waals surface area contributed by atoms with Crippen LogP contribution in [0.2, 0.25) is 0 Å². The van der Waals surface area contributed by atoms with Crippen LogP contribution in [0, 0.1) is 0 Å². The van der Waals surface area contributed by atoms with Gasteiger partial charge in [0.25, 0.3) is 11.8 Å². The van der Waals surface area contributed by atoms with Gasteiger partial charge < -0.3 is 24.5 Å². The number of aliphatic hydroxyl groups is 1. The SMILES string of the molecule is CC.CCCCCCCOc1ccc(-c2noc(-c3ccc(CC(C=O)NC(=O)c4ccc(C(C)(C)C)cc4)cc3)n2)cc1.CO. The van der Waals surface area contributed by atoms with Crippen LogP contribution in [0.15, 0.2) is 77.3 Å². The number of aldehydes is 1. The highest BCUT2D eigenvalue weighted by Gasteiger charge is 2.17. The first-order valence-electron chi connectivity index (χ1n) is 16.2. The molecule has 46 heavy (non-hydrogen) atoms. The average molecular weight is 630 g/mol. The zero-order chi connectivity index (χ0) is 34.0. The highest BCUT2D eigenvalue weighted by molar-refractivity contribution is 5.95. The molecule has 8 nitrogen and oxygen atoms in total. The number of amides is 1. The van der Waals surface area contributed by atoms with Gasteiger partial charge in [-0.3, -0.25) is 4.79 Å². The van der Waals surface area contributed by atoms with Crippen LogP contribution in [0.5, 0.6) is 5.75 Å². The predicted octanol–water partition coefficient (Wildman–Crippen LogP) is 8.23. The first-order valence-corrected chi connectivity index (χ1v) is 16.2. The fraction of sp³-hybridized carbons (Fsp3) is 0.421. The van der Waals surface area contributed by atoms with Crippen molar-refractivity contribution < 1.29 is 24.0 Å². The third kappa shape index (κ3) is 11.9. The van der Waals surface area contributed by atoms with Gasteiger partial charge in [0.1, 0.15) is 12.0 Å². The number of unbranched alkanes of at least 4 members (excludes halogenated alkanes) is 4. The van der Waals surface area contributed by atoms with Crippen LogP contribution in [-0.2, 0) is 16.6 Å². The van der Waals surface area contributed by atoms with Crippen molar-refractivity contribution in [2.24, 2.45) is 0 Å². The Morgan fingerprint density at radius 2 is 1.50 bits per heavy atom. The van der Waals surface area contributed by atoms with Gasteiger partial charge in [-0.05, 0) is 77.9 Å². The Hall–Kier alpha value is -4.30. The molecule has 4 rings (SSSR count). The van der Waals surface area contributed by atoms with E-state index in [1.165, 1.54) is 25.7 Å². The Morgan fingerprint density at radius 1 is 0.891 bits per heavy atom. The van der Waals surface area contributed by atoms with Crippen LogP contribution in [0.25, 0.3) is 22.8 Å². The number of aliphatic hydroxyl groups excluding tert-OH is 1. The summed E-state index contributed by atoms with van der Waals surface area (Å²) in [7, 11) is 1.00. The van der Waals surface area contributed by atoms with E-state index in [9.17, 15) is 9.59 Å². The normalized spacial score (nSPS) is 11.3. The maximum Gasteiger partial charge on any atom is 0.258 e. The van der Waals surface area contributed by atoms with Gasteiger partial charge in [0.15, 0.2) is 0 Å². The second kappa shape index (κ2) is 20.0. The van der Waals surface area contributed by atoms with Gasteiger partial charge in [0.05, 0.1) is 12.6 Å². The number of nitrogens with zero attached hydrogens (tertiary/aromatic N) is 2. The lowest BCUT2D eigenvalue weighted by Gasteiger charge is -2.19. The van der Waals surface area contributed by atoms with Gasteiger partial charge in [-0.2, -0.15) is 4.98 Å². The number of hydrogen-bond donors (Lipinski definition) is 2. The minimum atomic E-state index is -0.645. The van der Waals surface area contributed by atoms with Crippen molar-refractivity contribution in [2.75, 3.05) is 13.7 Å². The Morgan fingerprint density at radius 3 is 2.09 bits per heavy atom. The van der Waals surface area contributed by atoms with E-state index in [2.05, 4.69) is 43.2 Å². The van der Waals surface area contributed by atoms with Crippen LogP contribution >= 0.6 is 0 Å². The van der Waals surface area contributed by atoms with E-state index in [4.69, 9.17) is 14.4 Å². The van der Waals surface area contributed by atoms with Crippen LogP contribution in [-0.4, -0.2) is 47.2 Å². The Bertz CT molecular complexity index is 1420. The highest BCUT2D eigenvalue weighted by Crippen LogP contribution is 2.25. The van der Waals surface area contributed by atoms with Gasteiger partial charge in [-0.15, -0.1) is 0 Å². The lowest BCUT2D eigenvalue weighted by Crippen LogP contribution is -2.37. The molecule has 1 atom stereocenters. The van der Waals surface area contributed by atoms with E-state index in [0.29, 0.717) is 23.7 Å². The van der Waals surface area contributed by atoms with E-state index in [0.717, 1.165) is 54.4 Å². The number of rotatable bonds is 14. The number of aromatic nitrogens is 2. The summed E-state index contributed by atoms with van der Waals surface area (Å²) in [6.07, 6.45) is 7.17. The fourth-order valence-electron chi connectivity index (χ4n) is 4.60. The summed E-state index contributed by atoms with van der Waals surface area (Å²) >= 11 is 0. The van der Waals surface area contributed by atoms with Crippen molar-refractivity contribution in [3.8, 4) is 28.6 Å². The number of hydrogen-bond acceptors (Lipinski definition) is 7. The van der Waals surface area contributed by atoms with Gasteiger partial charge >= 0.3 is 0 Å². The van der Waals surface area contributed by atoms with Crippen LogP contribution in [0.4, 0.5) is 0 Å². The van der Waals surface area contributed by atoms with Crippen molar-refractivity contribution in [1.82, 2.24) is 15.5 Å². The molecule has 1 aromatic heterocycles. The topological polar surface area (TPSA) is 115 Å². The van der Waals surface area contributed by atoms with Gasteiger partial charge in [-0.1, -0.05) is 96.6 Å². The minimum Gasteiger partial charge on any atom is -0.494 e. The highest BCUT2D eigenvalue weighted by atomic mass is 16.5. The summed E-state index contributed by atoms with van der Waals surface area (Å²) in [6, 6.07) is 22.1. The van der Waals surface area contributed by atoms with Crippen molar-refractivity contribution in [3.05, 3.63) is 89.5 Å². The summed E-state index contributed by atoms with van der Waals surface area (Å²) in [6.45, 7) is 13.3. The zero-order valence-electron chi connectivity index (χ0n) is 28.5. The molecule has 2 N–H and O–H groups in total. The maximum atomic E-state index is 12.7. The number of benzene rings is 3. The molecule has 1 amide bonds. The molecule has 1 heterocycles. The molecule has 0 saturated carbocycles. The third-order valence-electron chi connectivity index (χ3n) is 7.21. The van der Waals surface area contributed by atoms with Gasteiger partial charge in [0, 0.05) is 23.8 Å². The largest absolute Gasteiger partial charge is 0.494 e. The van der Waals surface area contributed by atoms with Crippen molar-refractivity contribution >= 4 is 12.2 Å². The molecule has 3 aromatic carbocycles. The molecule has 1 unspecified atom stereocenters. The van der Waals surface area contributed by atoms with E-state index in [1.54, 1.807) is 12.1 Å². The number of nitrogens with one attached hydrogen (secondary N) is 1. The lowest BCUT2D eigenvalue weighted by molar-refractivity contribution is -0.109. The van der Waals surface area contributed by atoms with Crippen LogP contribution in [0.3, 0.4) is 0 Å². The summed E-state index contributed by atoms with van der Waals surface area (Å²) in [4.78, 5) is 29.0. The van der Waals surface area contributed by atoms with E-state index >= 15 is 0 Å². The molecule has 0 aliphatic carbocycles. The third-order valence-corrected chi connectivity index (χ3v) is 7.21. The average Bonchev–Trinajstić information content (AvgIpc) is 3.58. The first kappa shape index (κ1) is 37.9. The number of ether oxygens (including phenoxy) is 1. The molecule has 0 bridgehead atoms. The second-order valence-corrected chi connectivity index (χ2v) is 11.7. The Kier molecular flexibility index (Phi) is 16.4. The molecular weight excluding hydrogens is 578 g/mol. The van der Waals surface area contributed by atoms with E-state index in [1.807, 2.05) is 74.5 Å². The van der Waals surface area contributed by atoms with Gasteiger partial charge in [-0.25, -0.2) is 0 Å². The zero-order valence-corrected chi connectivity index (χ0v) is 28.5.